The van der Waals surface area contributed by atoms with Gasteiger partial charge >= 0.3 is 0 Å². The van der Waals surface area contributed by atoms with Crippen LogP contribution in [-0.2, 0) is 4.79 Å². The number of benzene rings is 1. The summed E-state index contributed by atoms with van der Waals surface area (Å²) in [6.45, 7) is 3.43. The number of hydrogen-bond acceptors (Lipinski definition) is 8. The maximum Gasteiger partial charge on any atom is 0.224 e. The Balaban J connectivity index is 1.16. The summed E-state index contributed by atoms with van der Waals surface area (Å²) in [6.07, 6.45) is 9.39. The molecule has 0 aliphatic carbocycles. The molecule has 5 aromatic heterocycles. The van der Waals surface area contributed by atoms with Crippen molar-refractivity contribution in [2.75, 3.05) is 50.9 Å². The standard InChI is InChI=1S/C35H37FN10O/c1-46(2)10-9-39-25-13-22(12-24(36)15-25)34-27-17-31(43-29(27)5-8-40-34)35-28-16-30(41-20-32(28)44-45-35)23-14-26(19-38-18-23)42-33(47)11-21-3-6-37-7-4-21/h5,8,12-21,37,39,43H,3-4,6-7,9-11H2,1-2H3,(H,42,47)(H,44,45). The van der Waals surface area contributed by atoms with Crippen molar-refractivity contribution in [3.05, 3.63) is 73.1 Å². The van der Waals surface area contributed by atoms with Crippen molar-refractivity contribution in [1.29, 1.82) is 0 Å². The van der Waals surface area contributed by atoms with Crippen LogP contribution in [0.2, 0.25) is 0 Å². The van der Waals surface area contributed by atoms with E-state index in [9.17, 15) is 9.18 Å². The summed E-state index contributed by atoms with van der Waals surface area (Å²) in [7, 11) is 4.00. The number of aromatic nitrogens is 6. The van der Waals surface area contributed by atoms with Crippen molar-refractivity contribution in [2.45, 2.75) is 19.3 Å². The first-order valence-corrected chi connectivity index (χ1v) is 15.9. The van der Waals surface area contributed by atoms with Crippen molar-refractivity contribution in [1.82, 2.24) is 40.3 Å². The molecule has 0 unspecified atom stereocenters. The molecule has 0 spiro atoms. The molecule has 1 fully saturated rings. The zero-order valence-corrected chi connectivity index (χ0v) is 26.4. The van der Waals surface area contributed by atoms with Gasteiger partial charge in [-0.2, -0.15) is 5.10 Å². The minimum atomic E-state index is -0.331. The first kappa shape index (κ1) is 30.5. The second kappa shape index (κ2) is 13.3. The van der Waals surface area contributed by atoms with E-state index in [1.165, 1.54) is 12.1 Å². The summed E-state index contributed by atoms with van der Waals surface area (Å²) in [6, 6.07) is 12.7. The van der Waals surface area contributed by atoms with Gasteiger partial charge in [0.25, 0.3) is 0 Å². The lowest BCUT2D eigenvalue weighted by Crippen LogP contribution is -2.30. The Labute approximate surface area is 271 Å². The first-order valence-electron chi connectivity index (χ1n) is 15.9. The number of fused-ring (bicyclic) bond motifs is 2. The van der Waals surface area contributed by atoms with Gasteiger partial charge in [-0.15, -0.1) is 0 Å². The lowest BCUT2D eigenvalue weighted by Gasteiger charge is -2.21. The molecule has 11 nitrogen and oxygen atoms in total. The van der Waals surface area contributed by atoms with E-state index in [4.69, 9.17) is 0 Å². The van der Waals surface area contributed by atoms with Gasteiger partial charge in [-0.05, 0) is 88.4 Å². The third-order valence-corrected chi connectivity index (χ3v) is 8.56. The summed E-state index contributed by atoms with van der Waals surface area (Å²) < 4.78 is 14.7. The molecule has 1 aliphatic rings. The van der Waals surface area contributed by atoms with Gasteiger partial charge < -0.3 is 25.8 Å². The van der Waals surface area contributed by atoms with Crippen LogP contribution in [0.4, 0.5) is 15.8 Å². The van der Waals surface area contributed by atoms with Gasteiger partial charge in [-0.3, -0.25) is 24.8 Å². The topological polar surface area (TPSA) is 140 Å². The molecule has 6 heterocycles. The van der Waals surface area contributed by atoms with E-state index < -0.39 is 0 Å². The SMILES string of the molecule is CN(C)CCNc1cc(F)cc(-c2nccc3[nH]c(-c4n[nH]c5cnc(-c6cncc(NC(=O)CC7CCNCC7)c6)cc45)cc23)c1. The highest BCUT2D eigenvalue weighted by atomic mass is 19.1. The van der Waals surface area contributed by atoms with Crippen molar-refractivity contribution in [3.63, 3.8) is 0 Å². The first-order chi connectivity index (χ1) is 22.9. The van der Waals surface area contributed by atoms with Crippen LogP contribution in [0.25, 0.3) is 55.7 Å². The zero-order valence-electron chi connectivity index (χ0n) is 26.4. The van der Waals surface area contributed by atoms with Crippen LogP contribution < -0.4 is 16.0 Å². The van der Waals surface area contributed by atoms with Crippen molar-refractivity contribution < 1.29 is 9.18 Å². The Kier molecular flexibility index (Phi) is 8.60. The summed E-state index contributed by atoms with van der Waals surface area (Å²) in [5.41, 5.74) is 7.32. The van der Waals surface area contributed by atoms with E-state index in [0.717, 1.165) is 71.2 Å². The van der Waals surface area contributed by atoms with Gasteiger partial charge in [0.15, 0.2) is 0 Å². The Hall–Kier alpha value is -5.20. The second-order valence-electron chi connectivity index (χ2n) is 12.4. The molecule has 7 rings (SSSR count). The summed E-state index contributed by atoms with van der Waals surface area (Å²) in [4.78, 5) is 31.9. The molecule has 6 aromatic rings. The molecule has 5 N–H and O–H groups in total. The number of H-pyrrole nitrogens is 2. The smallest absolute Gasteiger partial charge is 0.224 e. The number of nitrogens with zero attached hydrogens (tertiary/aromatic N) is 5. The molecule has 1 aromatic carbocycles. The largest absolute Gasteiger partial charge is 0.384 e. The lowest BCUT2D eigenvalue weighted by atomic mass is 9.94. The average molecular weight is 633 g/mol. The number of anilines is 2. The molecule has 0 atom stereocenters. The predicted octanol–water partition coefficient (Wildman–Crippen LogP) is 5.67. The van der Waals surface area contributed by atoms with Crippen LogP contribution in [0.5, 0.6) is 0 Å². The summed E-state index contributed by atoms with van der Waals surface area (Å²) >= 11 is 0. The van der Waals surface area contributed by atoms with Crippen molar-refractivity contribution in [3.8, 4) is 33.9 Å². The third kappa shape index (κ3) is 6.83. The quantitative estimate of drug-likeness (QED) is 0.130. The normalized spacial score (nSPS) is 13.9. The minimum Gasteiger partial charge on any atom is -0.384 e. The number of halogens is 1. The van der Waals surface area contributed by atoms with E-state index in [1.807, 2.05) is 44.4 Å². The molecule has 0 saturated carbocycles. The van der Waals surface area contributed by atoms with E-state index in [2.05, 4.69) is 51.0 Å². The fourth-order valence-electron chi connectivity index (χ4n) is 6.15. The number of likely N-dealkylation sites (N-methyl/N-ethyl adjacent to an activating group) is 1. The van der Waals surface area contributed by atoms with E-state index in [0.29, 0.717) is 47.2 Å². The number of piperidine rings is 1. The molecular weight excluding hydrogens is 595 g/mol. The monoisotopic (exact) mass is 632 g/mol. The number of nitrogens with one attached hydrogen (secondary N) is 5. The fraction of sp³-hybridized carbons (Fsp3) is 0.286. The number of carbonyl (C=O) groups is 1. The van der Waals surface area contributed by atoms with Gasteiger partial charge in [0.05, 0.1) is 40.7 Å². The number of hydrogen-bond donors (Lipinski definition) is 5. The van der Waals surface area contributed by atoms with Gasteiger partial charge in [-0.1, -0.05) is 0 Å². The Morgan fingerprint density at radius 2 is 1.77 bits per heavy atom. The van der Waals surface area contributed by atoms with E-state index in [-0.39, 0.29) is 11.7 Å². The Morgan fingerprint density at radius 3 is 2.62 bits per heavy atom. The molecule has 1 aliphatic heterocycles. The zero-order chi connectivity index (χ0) is 32.3. The van der Waals surface area contributed by atoms with Crippen LogP contribution in [0.3, 0.4) is 0 Å². The van der Waals surface area contributed by atoms with Crippen LogP contribution in [0, 0.1) is 11.7 Å². The van der Waals surface area contributed by atoms with Gasteiger partial charge in [0, 0.05) is 65.0 Å². The maximum absolute atomic E-state index is 14.7. The highest BCUT2D eigenvalue weighted by Gasteiger charge is 2.19. The van der Waals surface area contributed by atoms with Gasteiger partial charge in [0.1, 0.15) is 11.5 Å². The number of carbonyl (C=O) groups excluding carboxylic acids is 1. The Bertz CT molecular complexity index is 2050. The molecule has 47 heavy (non-hydrogen) atoms. The third-order valence-electron chi connectivity index (χ3n) is 8.56. The van der Waals surface area contributed by atoms with Gasteiger partial charge in [-0.25, -0.2) is 4.39 Å². The minimum absolute atomic E-state index is 0.000827. The number of rotatable bonds is 10. The van der Waals surface area contributed by atoms with E-state index in [1.54, 1.807) is 24.8 Å². The molecule has 0 radical (unpaired) electrons. The number of aromatic amines is 2. The summed E-state index contributed by atoms with van der Waals surface area (Å²) in [5.74, 6) is 0.0654. The Morgan fingerprint density at radius 1 is 0.936 bits per heavy atom. The second-order valence-corrected chi connectivity index (χ2v) is 12.4. The number of pyridine rings is 3. The van der Waals surface area contributed by atoms with Crippen LogP contribution >= 0.6 is 0 Å². The van der Waals surface area contributed by atoms with Crippen LogP contribution in [-0.4, -0.2) is 81.2 Å². The molecule has 0 bridgehead atoms. The fourth-order valence-corrected chi connectivity index (χ4v) is 6.15. The maximum atomic E-state index is 14.7. The van der Waals surface area contributed by atoms with Crippen molar-refractivity contribution >= 4 is 39.1 Å². The summed E-state index contributed by atoms with van der Waals surface area (Å²) in [5, 5.41) is 19.1. The molecule has 240 valence electrons. The predicted molar refractivity (Wildman–Crippen MR) is 183 cm³/mol. The molecule has 12 heteroatoms. The average Bonchev–Trinajstić information content (AvgIpc) is 3.69. The van der Waals surface area contributed by atoms with Crippen LogP contribution in [0.15, 0.2) is 67.3 Å². The molecule has 1 amide bonds. The lowest BCUT2D eigenvalue weighted by molar-refractivity contribution is -0.117. The van der Waals surface area contributed by atoms with Crippen LogP contribution in [0.1, 0.15) is 19.3 Å². The highest BCUT2D eigenvalue weighted by Crippen LogP contribution is 2.35. The van der Waals surface area contributed by atoms with E-state index >= 15 is 0 Å². The van der Waals surface area contributed by atoms with Crippen molar-refractivity contribution in [2.24, 2.45) is 5.92 Å². The number of amides is 1. The molecule has 1 saturated heterocycles. The van der Waals surface area contributed by atoms with Gasteiger partial charge in [0.2, 0.25) is 5.91 Å². The molecular formula is C35H37FN10O. The highest BCUT2D eigenvalue weighted by molar-refractivity contribution is 6.00.